The topological polar surface area (TPSA) is 63.2 Å². The van der Waals surface area contributed by atoms with Gasteiger partial charge in [0.05, 0.1) is 24.2 Å². The molecule has 2 N–H and O–H groups in total. The average molecular weight is 609 g/mol. The maximum atomic E-state index is 14.1. The van der Waals surface area contributed by atoms with Gasteiger partial charge in [0.15, 0.2) is 12.0 Å². The van der Waals surface area contributed by atoms with Crippen LogP contribution in [-0.4, -0.2) is 55.3 Å². The van der Waals surface area contributed by atoms with Crippen LogP contribution in [0.25, 0.3) is 10.1 Å². The molecule has 4 aromatic rings. The van der Waals surface area contributed by atoms with E-state index in [0.717, 1.165) is 54.7 Å². The van der Waals surface area contributed by atoms with Crippen molar-refractivity contribution in [1.82, 2.24) is 4.90 Å². The fraction of sp³-hybridized carbons (Fsp3) is 0.412. The van der Waals surface area contributed by atoms with E-state index < -0.39 is 6.10 Å². The smallest absolute Gasteiger partial charge is 0.199 e. The Morgan fingerprint density at radius 1 is 1.05 bits per heavy atom. The number of alkyl halides is 1. The van der Waals surface area contributed by atoms with Crippen molar-refractivity contribution < 1.29 is 28.1 Å². The minimum atomic E-state index is -1.00. The predicted molar refractivity (Wildman–Crippen MR) is 167 cm³/mol. The fourth-order valence-electron chi connectivity index (χ4n) is 5.97. The maximum absolute atomic E-state index is 14.1. The van der Waals surface area contributed by atoms with E-state index >= 15 is 0 Å². The van der Waals surface area contributed by atoms with Crippen LogP contribution in [0.1, 0.15) is 53.4 Å². The number of benzene rings is 3. The summed E-state index contributed by atoms with van der Waals surface area (Å²) in [4.78, 5) is 2.89. The minimum absolute atomic E-state index is 0.262. The van der Waals surface area contributed by atoms with Gasteiger partial charge in [-0.3, -0.25) is 9.29 Å². The van der Waals surface area contributed by atoms with Gasteiger partial charge in [-0.05, 0) is 104 Å². The molecule has 0 amide bonds. The largest absolute Gasteiger partial charge is 0.465 e. The van der Waals surface area contributed by atoms with Crippen molar-refractivity contribution >= 4 is 27.1 Å². The fourth-order valence-corrected chi connectivity index (χ4v) is 7.13. The molecule has 43 heavy (non-hydrogen) atoms. The lowest BCUT2D eigenvalue weighted by molar-refractivity contribution is -0.105. The van der Waals surface area contributed by atoms with E-state index in [2.05, 4.69) is 10.2 Å². The first kappa shape index (κ1) is 29.8. The molecule has 9 heteroatoms. The van der Waals surface area contributed by atoms with E-state index in [-0.39, 0.29) is 18.8 Å². The van der Waals surface area contributed by atoms with E-state index in [1.165, 1.54) is 23.5 Å². The SMILES string of the molecule is Cc1cc(F)cc(C)c1C(O)c1sc2cc(OC3CCCCO3)ccc2c1Oc1ccc(NC2CN(CCCF)C2)cc1. The predicted octanol–water partition coefficient (Wildman–Crippen LogP) is 7.89. The maximum Gasteiger partial charge on any atom is 0.199 e. The second-order valence-electron chi connectivity index (χ2n) is 11.5. The molecule has 3 aromatic carbocycles. The molecule has 1 aromatic heterocycles. The molecule has 6 rings (SSSR count). The molecule has 0 aliphatic carbocycles. The van der Waals surface area contributed by atoms with Gasteiger partial charge in [0, 0.05) is 41.8 Å². The summed E-state index contributed by atoms with van der Waals surface area (Å²) in [5.74, 6) is 1.59. The number of likely N-dealkylation sites (tertiary alicyclic amines) is 1. The monoisotopic (exact) mass is 608 g/mol. The van der Waals surface area contributed by atoms with Gasteiger partial charge in [0.1, 0.15) is 23.4 Å². The van der Waals surface area contributed by atoms with Crippen LogP contribution in [0.3, 0.4) is 0 Å². The molecular weight excluding hydrogens is 570 g/mol. The van der Waals surface area contributed by atoms with Crippen LogP contribution in [0.4, 0.5) is 14.5 Å². The number of anilines is 1. The summed E-state index contributed by atoms with van der Waals surface area (Å²) in [6.07, 6.45) is 2.29. The Bertz CT molecular complexity index is 1530. The molecule has 0 bridgehead atoms. The first-order valence-corrected chi connectivity index (χ1v) is 15.8. The molecule has 2 saturated heterocycles. The summed E-state index contributed by atoms with van der Waals surface area (Å²) in [5, 5.41) is 16.1. The van der Waals surface area contributed by atoms with Crippen molar-refractivity contribution in [1.29, 1.82) is 0 Å². The van der Waals surface area contributed by atoms with Crippen LogP contribution in [0.15, 0.2) is 54.6 Å². The first-order chi connectivity index (χ1) is 20.9. The number of nitrogens with zero attached hydrogens (tertiary/aromatic N) is 1. The Morgan fingerprint density at radius 3 is 2.49 bits per heavy atom. The molecule has 0 saturated carbocycles. The third-order valence-corrected chi connectivity index (χ3v) is 9.32. The Morgan fingerprint density at radius 2 is 1.79 bits per heavy atom. The number of hydrogen-bond acceptors (Lipinski definition) is 7. The number of ether oxygens (including phenoxy) is 3. The van der Waals surface area contributed by atoms with Gasteiger partial charge in [-0.25, -0.2) is 4.39 Å². The molecular formula is C34H38F2N2O4S. The number of thiophene rings is 1. The van der Waals surface area contributed by atoms with Crippen LogP contribution in [-0.2, 0) is 4.74 Å². The van der Waals surface area contributed by atoms with Crippen molar-refractivity contribution in [3.8, 4) is 17.2 Å². The quantitative estimate of drug-likeness (QED) is 0.181. The van der Waals surface area contributed by atoms with E-state index in [9.17, 15) is 13.9 Å². The van der Waals surface area contributed by atoms with Gasteiger partial charge in [0.2, 0.25) is 0 Å². The van der Waals surface area contributed by atoms with E-state index in [1.807, 2.05) is 56.3 Å². The highest BCUT2D eigenvalue weighted by Crippen LogP contribution is 2.47. The average Bonchev–Trinajstić information content (AvgIpc) is 3.32. The third kappa shape index (κ3) is 6.80. The Kier molecular flexibility index (Phi) is 9.14. The summed E-state index contributed by atoms with van der Waals surface area (Å²) >= 11 is 1.44. The first-order valence-electron chi connectivity index (χ1n) is 15.0. The molecule has 2 aliphatic rings. The number of halogens is 2. The summed E-state index contributed by atoms with van der Waals surface area (Å²) in [6.45, 7) is 6.65. The number of hydrogen-bond donors (Lipinski definition) is 2. The van der Waals surface area contributed by atoms with Gasteiger partial charge >= 0.3 is 0 Å². The normalized spacial score (nSPS) is 18.4. The zero-order valence-electron chi connectivity index (χ0n) is 24.6. The number of aliphatic hydroxyl groups excluding tert-OH is 1. The second kappa shape index (κ2) is 13.2. The van der Waals surface area contributed by atoms with E-state index in [1.54, 1.807) is 0 Å². The van der Waals surface area contributed by atoms with Gasteiger partial charge < -0.3 is 24.6 Å². The molecule has 228 valence electrons. The van der Waals surface area contributed by atoms with Crippen molar-refractivity contribution in [2.45, 2.75) is 58.0 Å². The summed E-state index contributed by atoms with van der Waals surface area (Å²) in [6, 6.07) is 16.9. The summed E-state index contributed by atoms with van der Waals surface area (Å²) < 4.78 is 45.8. The van der Waals surface area contributed by atoms with Crippen LogP contribution >= 0.6 is 11.3 Å². The second-order valence-corrected chi connectivity index (χ2v) is 12.6. The van der Waals surface area contributed by atoms with Gasteiger partial charge in [-0.2, -0.15) is 0 Å². The van der Waals surface area contributed by atoms with E-state index in [0.29, 0.717) is 57.9 Å². The van der Waals surface area contributed by atoms with E-state index in [4.69, 9.17) is 14.2 Å². The lowest BCUT2D eigenvalue weighted by Gasteiger charge is -2.40. The van der Waals surface area contributed by atoms with Gasteiger partial charge in [-0.1, -0.05) is 0 Å². The molecule has 0 spiro atoms. The number of rotatable bonds is 11. The third-order valence-electron chi connectivity index (χ3n) is 8.14. The number of nitrogens with one attached hydrogen (secondary N) is 1. The van der Waals surface area contributed by atoms with Crippen LogP contribution in [0.5, 0.6) is 17.2 Å². The van der Waals surface area contributed by atoms with Crippen molar-refractivity contribution in [2.75, 3.05) is 38.2 Å². The standard InChI is InChI=1S/C34H38F2N2O4S/c1-21-16-23(36)17-22(2)31(21)32(39)34-33(28-12-11-27(18-29(28)43-34)41-30-6-3-4-15-40-30)42-26-9-7-24(8-10-26)37-25-19-38(20-25)14-5-13-35/h7-12,16-18,25,30,32,37,39H,3-6,13-15,19-20H2,1-2H3. The highest BCUT2D eigenvalue weighted by Gasteiger charge is 2.27. The lowest BCUT2D eigenvalue weighted by Crippen LogP contribution is -2.54. The van der Waals surface area contributed by atoms with Crippen molar-refractivity contribution in [2.24, 2.45) is 0 Å². The molecule has 0 radical (unpaired) electrons. The van der Waals surface area contributed by atoms with Gasteiger partial charge in [-0.15, -0.1) is 11.3 Å². The zero-order valence-corrected chi connectivity index (χ0v) is 25.4. The van der Waals surface area contributed by atoms with Gasteiger partial charge in [0.25, 0.3) is 0 Å². The van der Waals surface area contributed by atoms with Crippen LogP contribution in [0, 0.1) is 19.7 Å². The summed E-state index contributed by atoms with van der Waals surface area (Å²) in [7, 11) is 0. The van der Waals surface area contributed by atoms with Crippen molar-refractivity contribution in [3.05, 3.63) is 82.0 Å². The lowest BCUT2D eigenvalue weighted by atomic mass is 9.96. The number of aryl methyl sites for hydroxylation is 2. The Hall–Kier alpha value is -3.24. The molecule has 6 nitrogen and oxygen atoms in total. The molecule has 2 aliphatic heterocycles. The summed E-state index contributed by atoms with van der Waals surface area (Å²) in [5.41, 5.74) is 3.02. The molecule has 3 heterocycles. The van der Waals surface area contributed by atoms with Crippen LogP contribution < -0.4 is 14.8 Å². The number of fused-ring (bicyclic) bond motifs is 1. The number of aliphatic hydroxyl groups is 1. The zero-order chi connectivity index (χ0) is 29.9. The Labute approximate surface area is 255 Å². The Balaban J connectivity index is 1.26. The molecule has 2 atom stereocenters. The minimum Gasteiger partial charge on any atom is -0.465 e. The highest BCUT2D eigenvalue weighted by molar-refractivity contribution is 7.19. The molecule has 2 fully saturated rings. The van der Waals surface area contributed by atoms with Crippen LogP contribution in [0.2, 0.25) is 0 Å². The van der Waals surface area contributed by atoms with Crippen molar-refractivity contribution in [3.63, 3.8) is 0 Å². The molecule has 2 unspecified atom stereocenters. The highest BCUT2D eigenvalue weighted by atomic mass is 32.1.